The van der Waals surface area contributed by atoms with Gasteiger partial charge in [0.15, 0.2) is 11.4 Å². The number of hydrogen-bond donors (Lipinski definition) is 1. The predicted octanol–water partition coefficient (Wildman–Crippen LogP) is 9.55. The molecule has 0 saturated heterocycles. The fourth-order valence-electron chi connectivity index (χ4n) is 7.85. The van der Waals surface area contributed by atoms with Crippen molar-refractivity contribution in [3.05, 3.63) is 203 Å². The Labute approximate surface area is 332 Å². The minimum atomic E-state index is -1.02. The van der Waals surface area contributed by atoms with Crippen molar-refractivity contribution in [3.8, 4) is 28.3 Å². The van der Waals surface area contributed by atoms with E-state index in [1.807, 2.05) is 86.6 Å². The largest absolute Gasteiger partial charge is 0.478 e. The lowest BCUT2D eigenvalue weighted by molar-refractivity contribution is -0.131. The summed E-state index contributed by atoms with van der Waals surface area (Å²) in [6.07, 6.45) is 4.44. The number of carbonyl (C=O) groups is 1. The van der Waals surface area contributed by atoms with E-state index in [9.17, 15) is 9.90 Å². The fraction of sp³-hybridized carbons (Fsp3) is 0.146. The van der Waals surface area contributed by atoms with Crippen molar-refractivity contribution < 1.29 is 9.90 Å². The Morgan fingerprint density at radius 2 is 1.28 bits per heavy atom. The highest BCUT2D eigenvalue weighted by Gasteiger charge is 2.41. The summed E-state index contributed by atoms with van der Waals surface area (Å²) in [6.45, 7) is 6.64. The summed E-state index contributed by atoms with van der Waals surface area (Å²) in [5.41, 5.74) is 8.62. The molecular weight excluding hydrogens is 707 g/mol. The summed E-state index contributed by atoms with van der Waals surface area (Å²) < 4.78 is 4.22. The Bertz CT molecular complexity index is 2540. The second-order valence-electron chi connectivity index (χ2n) is 14.2. The summed E-state index contributed by atoms with van der Waals surface area (Å²) in [6, 6.07) is 51.6. The molecule has 0 aliphatic rings. The first-order valence-corrected chi connectivity index (χ1v) is 19.2. The molecular formula is C48H43N7O2. The fourth-order valence-corrected chi connectivity index (χ4v) is 7.85. The number of carboxylic acids is 1. The van der Waals surface area contributed by atoms with Crippen LogP contribution < -0.4 is 0 Å². The summed E-state index contributed by atoms with van der Waals surface area (Å²) in [5.74, 6) is 1.04. The van der Waals surface area contributed by atoms with E-state index in [1.54, 1.807) is 10.9 Å². The Morgan fingerprint density at radius 1 is 0.719 bits per heavy atom. The molecule has 0 atom stereocenters. The Balaban J connectivity index is 1.32. The minimum Gasteiger partial charge on any atom is -0.478 e. The molecule has 57 heavy (non-hydrogen) atoms. The molecule has 0 saturated carbocycles. The van der Waals surface area contributed by atoms with Gasteiger partial charge in [-0.2, -0.15) is 0 Å². The highest BCUT2D eigenvalue weighted by molar-refractivity contribution is 5.86. The molecule has 0 aliphatic heterocycles. The molecule has 0 unspecified atom stereocenters. The Hall–Kier alpha value is -7.13. The van der Waals surface area contributed by atoms with E-state index in [0.717, 1.165) is 74.7 Å². The molecule has 9 nitrogen and oxygen atoms in total. The molecule has 9 heteroatoms. The number of nitrogens with zero attached hydrogens (tertiary/aromatic N) is 7. The van der Waals surface area contributed by atoms with Crippen LogP contribution in [0.15, 0.2) is 158 Å². The summed E-state index contributed by atoms with van der Waals surface area (Å²) in [4.78, 5) is 18.8. The number of aromatic nitrogens is 7. The number of carboxylic acid groups (broad SMARTS) is 1. The lowest BCUT2D eigenvalue weighted by atomic mass is 9.77. The molecule has 0 spiro atoms. The number of hydrogen-bond acceptors (Lipinski definition) is 5. The van der Waals surface area contributed by atoms with Gasteiger partial charge in [0.05, 0.1) is 5.69 Å². The number of aryl methyl sites for hydroxylation is 3. The zero-order valence-corrected chi connectivity index (χ0v) is 32.2. The third kappa shape index (κ3) is 7.00. The van der Waals surface area contributed by atoms with Crippen molar-refractivity contribution in [2.45, 2.75) is 45.7 Å². The molecule has 0 fully saturated rings. The second kappa shape index (κ2) is 15.9. The van der Waals surface area contributed by atoms with Gasteiger partial charge in [0.1, 0.15) is 5.82 Å². The maximum absolute atomic E-state index is 11.9. The van der Waals surface area contributed by atoms with Crippen LogP contribution in [0.2, 0.25) is 0 Å². The van der Waals surface area contributed by atoms with E-state index in [1.165, 1.54) is 6.08 Å². The highest BCUT2D eigenvalue weighted by atomic mass is 16.4. The average molecular weight is 750 g/mol. The smallest absolute Gasteiger partial charge is 0.328 e. The van der Waals surface area contributed by atoms with Crippen LogP contribution in [0.1, 0.15) is 58.5 Å². The lowest BCUT2D eigenvalue weighted by Gasteiger charge is -2.34. The molecule has 3 aromatic heterocycles. The van der Waals surface area contributed by atoms with Crippen LogP contribution in [0, 0.1) is 13.8 Å². The van der Waals surface area contributed by atoms with Gasteiger partial charge in [-0.25, -0.2) is 9.78 Å². The normalized spacial score (nSPS) is 11.7. The molecule has 282 valence electrons. The number of benzene rings is 5. The van der Waals surface area contributed by atoms with Crippen molar-refractivity contribution in [3.63, 3.8) is 0 Å². The summed E-state index contributed by atoms with van der Waals surface area (Å²) in [7, 11) is 0. The van der Waals surface area contributed by atoms with E-state index in [-0.39, 0.29) is 0 Å². The SMILES string of the molecule is CCCc1nc(-n2c(C)ccc2C)c(/C=C/C(=O)O)n1Cc1ccc(-c2ccccc2)c(-c2nnn(C(c3ccccc3)(c3ccccc3)c3ccccc3)n2)c1. The van der Waals surface area contributed by atoms with Gasteiger partial charge in [-0.05, 0) is 83.1 Å². The van der Waals surface area contributed by atoms with Gasteiger partial charge in [-0.15, -0.1) is 15.0 Å². The van der Waals surface area contributed by atoms with E-state index in [4.69, 9.17) is 20.4 Å². The Morgan fingerprint density at radius 3 is 1.82 bits per heavy atom. The zero-order chi connectivity index (χ0) is 39.4. The molecule has 5 aromatic carbocycles. The van der Waals surface area contributed by atoms with Crippen LogP contribution in [-0.2, 0) is 23.3 Å². The maximum atomic E-state index is 11.9. The number of imidazole rings is 1. The molecule has 3 heterocycles. The molecule has 1 N–H and O–H groups in total. The molecule has 8 aromatic rings. The molecule has 0 bridgehead atoms. The monoisotopic (exact) mass is 749 g/mol. The quantitative estimate of drug-likeness (QED) is 0.0931. The Kier molecular flexibility index (Phi) is 10.3. The van der Waals surface area contributed by atoms with E-state index in [2.05, 4.69) is 94.9 Å². The molecule has 0 amide bonds. The van der Waals surface area contributed by atoms with Crippen LogP contribution in [0.3, 0.4) is 0 Å². The van der Waals surface area contributed by atoms with Crippen molar-refractivity contribution in [2.24, 2.45) is 0 Å². The minimum absolute atomic E-state index is 0.444. The van der Waals surface area contributed by atoms with Gasteiger partial charge in [-0.1, -0.05) is 140 Å². The van der Waals surface area contributed by atoms with Crippen LogP contribution >= 0.6 is 0 Å². The van der Waals surface area contributed by atoms with Gasteiger partial charge in [0.25, 0.3) is 0 Å². The molecule has 8 rings (SSSR count). The van der Waals surface area contributed by atoms with Gasteiger partial charge >= 0.3 is 5.97 Å². The van der Waals surface area contributed by atoms with Crippen LogP contribution in [0.4, 0.5) is 0 Å². The second-order valence-corrected chi connectivity index (χ2v) is 14.2. The molecule has 0 radical (unpaired) electrons. The van der Waals surface area contributed by atoms with E-state index >= 15 is 0 Å². The third-order valence-corrected chi connectivity index (χ3v) is 10.4. The zero-order valence-electron chi connectivity index (χ0n) is 32.2. The highest BCUT2D eigenvalue weighted by Crippen LogP contribution is 2.41. The first-order chi connectivity index (χ1) is 27.9. The number of aliphatic carboxylic acids is 1. The van der Waals surface area contributed by atoms with Gasteiger partial charge in [0, 0.05) is 36.0 Å². The van der Waals surface area contributed by atoms with Crippen molar-refractivity contribution in [2.75, 3.05) is 0 Å². The van der Waals surface area contributed by atoms with Crippen LogP contribution in [0.5, 0.6) is 0 Å². The van der Waals surface area contributed by atoms with Crippen molar-refractivity contribution >= 4 is 12.0 Å². The van der Waals surface area contributed by atoms with Gasteiger partial charge < -0.3 is 14.2 Å². The first kappa shape index (κ1) is 36.8. The van der Waals surface area contributed by atoms with Crippen molar-refractivity contribution in [1.29, 1.82) is 0 Å². The van der Waals surface area contributed by atoms with Crippen molar-refractivity contribution in [1.82, 2.24) is 34.3 Å². The molecule has 0 aliphatic carbocycles. The summed E-state index contributed by atoms with van der Waals surface area (Å²) in [5, 5.41) is 24.7. The predicted molar refractivity (Wildman–Crippen MR) is 224 cm³/mol. The first-order valence-electron chi connectivity index (χ1n) is 19.2. The van der Waals surface area contributed by atoms with E-state index < -0.39 is 11.5 Å². The van der Waals surface area contributed by atoms with Gasteiger partial charge in [0.2, 0.25) is 5.82 Å². The number of rotatable bonds is 13. The van der Waals surface area contributed by atoms with E-state index in [0.29, 0.717) is 18.2 Å². The third-order valence-electron chi connectivity index (χ3n) is 10.4. The topological polar surface area (TPSA) is 104 Å². The van der Waals surface area contributed by atoms with Crippen LogP contribution in [0.25, 0.3) is 34.4 Å². The lowest BCUT2D eigenvalue weighted by Crippen LogP contribution is -2.39. The number of tetrazole rings is 1. The van der Waals surface area contributed by atoms with Crippen LogP contribution in [-0.4, -0.2) is 45.4 Å². The van der Waals surface area contributed by atoms with Gasteiger partial charge in [-0.3, -0.25) is 0 Å². The maximum Gasteiger partial charge on any atom is 0.328 e. The average Bonchev–Trinajstić information content (AvgIpc) is 3.96. The summed E-state index contributed by atoms with van der Waals surface area (Å²) >= 11 is 0. The standard InChI is InChI=1S/C48H43N7O2/c1-4-17-44-49-47(54-34(2)26-27-35(54)3)43(30-31-45(56)57)53(44)33-36-28-29-41(37-18-9-5-10-19-37)42(32-36)46-50-52-55(51-46)48(38-20-11-6-12-21-38,39-22-13-7-14-23-39)40-24-15-8-16-25-40/h5-16,18-32H,4,17,33H2,1-3H3,(H,56,57)/b31-30+.